The maximum absolute atomic E-state index is 2.37. The fraction of sp³-hybridized carbons (Fsp3) is 0.130. The summed E-state index contributed by atoms with van der Waals surface area (Å²) in [4.78, 5) is 0. The summed E-state index contributed by atoms with van der Waals surface area (Å²) in [6.07, 6.45) is 0. The molecule has 0 fully saturated rings. The Morgan fingerprint density at radius 1 is 0.125 bits per heavy atom. The molecule has 0 N–H and O–H groups in total. The van der Waals surface area contributed by atoms with Crippen LogP contribution in [0, 0.1) is 0 Å². The molecule has 27 aromatic rings. The summed E-state index contributed by atoms with van der Waals surface area (Å²) in [5, 5.41) is 24.5. The second kappa shape index (κ2) is 41.2. The van der Waals surface area contributed by atoms with E-state index in [2.05, 4.69) is 520 Å². The van der Waals surface area contributed by atoms with Gasteiger partial charge in [0.1, 0.15) is 0 Å². The van der Waals surface area contributed by atoms with Gasteiger partial charge < -0.3 is 0 Å². The normalized spacial score (nSPS) is 11.7. The van der Waals surface area contributed by atoms with E-state index in [9.17, 15) is 0 Å². The van der Waals surface area contributed by atoms with E-state index in [0.29, 0.717) is 35.5 Å². The minimum Gasteiger partial charge on any atom is -0.135 e. The lowest BCUT2D eigenvalue weighted by Crippen LogP contribution is -1.91. The van der Waals surface area contributed by atoms with Crippen LogP contribution in [0.1, 0.15) is 152 Å². The molecule has 0 atom stereocenters. The van der Waals surface area contributed by atoms with Gasteiger partial charge in [-0.05, 0) is 235 Å². The van der Waals surface area contributed by atoms with Gasteiger partial charge in [-0.2, -0.15) is 0 Å². The first-order valence-corrected chi connectivity index (χ1v) is 55.6. The van der Waals surface area contributed by atoms with Gasteiger partial charge in [-0.1, -0.05) is 447 Å². The molecule has 0 aliphatic heterocycles. The highest BCUT2D eigenvalue weighted by Gasteiger charge is 2.21. The fourth-order valence-electron chi connectivity index (χ4n) is 20.9. The zero-order valence-electron chi connectivity index (χ0n) is 83.5. The van der Waals surface area contributed by atoms with Crippen LogP contribution in [0.15, 0.2) is 437 Å². The van der Waals surface area contributed by atoms with Crippen molar-refractivity contribution in [3.63, 3.8) is 0 Å². The fourth-order valence-corrected chi connectivity index (χ4v) is 27.8. The van der Waals surface area contributed by atoms with Gasteiger partial charge in [-0.25, -0.2) is 0 Å². The van der Waals surface area contributed by atoms with Crippen LogP contribution in [-0.2, 0) is 0 Å². The molecule has 0 saturated carbocycles. The molecule has 0 spiro atoms. The summed E-state index contributed by atoms with van der Waals surface area (Å²) in [5.74, 6) is 3.32. The van der Waals surface area contributed by atoms with Crippen LogP contribution in [0.2, 0.25) is 0 Å². The van der Waals surface area contributed by atoms with E-state index >= 15 is 0 Å². The molecule has 0 amide bonds. The molecule has 0 unspecified atom stereocenters. The molecule has 0 nitrogen and oxygen atoms in total. The van der Waals surface area contributed by atoms with Crippen molar-refractivity contribution in [3.8, 4) is 66.8 Å². The van der Waals surface area contributed by atoms with Gasteiger partial charge >= 0.3 is 0 Å². The largest absolute Gasteiger partial charge is 0.135 e. The minimum absolute atomic E-state index is 0.522. The van der Waals surface area contributed by atoms with Crippen LogP contribution in [-0.4, -0.2) is 0 Å². The molecule has 702 valence electrons. The number of rotatable bonds is 12. The third-order valence-electron chi connectivity index (χ3n) is 28.7. The van der Waals surface area contributed by atoms with Crippen molar-refractivity contribution in [3.05, 3.63) is 470 Å². The Kier molecular flexibility index (Phi) is 27.1. The molecule has 6 heterocycles. The second-order valence-electron chi connectivity index (χ2n) is 39.8. The third-order valence-corrected chi connectivity index (χ3v) is 35.7. The predicted octanol–water partition coefficient (Wildman–Crippen LogP) is 44.5. The molecule has 0 saturated heterocycles. The maximum atomic E-state index is 2.37. The summed E-state index contributed by atoms with van der Waals surface area (Å²) in [5.41, 5.74) is 24.2. The molecule has 0 aliphatic rings. The van der Waals surface area contributed by atoms with Crippen molar-refractivity contribution in [2.75, 3.05) is 0 Å². The van der Waals surface area contributed by atoms with E-state index in [1.165, 1.54) is 253 Å². The van der Waals surface area contributed by atoms with Gasteiger partial charge in [0.05, 0.1) is 0 Å². The Morgan fingerprint density at radius 3 is 0.757 bits per heavy atom. The molecular weight excluding hydrogens is 1850 g/mol. The van der Waals surface area contributed by atoms with Crippen LogP contribution in [0.3, 0.4) is 0 Å². The number of hydrogen-bond donors (Lipinski definition) is 0. The van der Waals surface area contributed by atoms with E-state index in [-0.39, 0.29) is 0 Å². The number of benzene rings is 21. The standard InChI is InChI=1S/3C25H20S.3C21H18S/c1-16(2)17-14-15-20(19-9-4-3-8-18(17)19)22-11-7-12-23-21-10-5-6-13-24(21)26-25(22)23;1-16(2)18-12-13-19(21-8-4-3-7-20(18)21)17-11-14-25-23(15-17)22-9-5-6-10-24(22)26-25;1-16(2)18-13-14-19(21-8-4-3-7-20(18)21)17-11-12-23-22-9-5-6-10-24(22)26-25(23)15-17;1-14(2)15-10-12-16(13-11-15)17-7-5-8-19-18-6-3-4-9-20(18)22-21(17)19;1-14(2)15-7-9-16(10-8-15)17-11-12-21-19(13-17)18-5-3-4-6-20(18)22-21;1-14(2)15-7-9-16(10-8-15)17-11-12-19-18-5-3-4-6-20(18)22-21(19)13-17/h3*3-16H,1-2H3;3*3-14H,1-2H3. The average Bonchev–Trinajstić information content (AvgIpc) is 1.55. The van der Waals surface area contributed by atoms with E-state index in [0.717, 1.165) is 0 Å². The van der Waals surface area contributed by atoms with E-state index in [1.54, 1.807) is 0 Å². The Balaban J connectivity index is 0.0000000988. The monoisotopic (exact) mass is 1960 g/mol. The van der Waals surface area contributed by atoms with Gasteiger partial charge in [0.25, 0.3) is 0 Å². The predicted molar refractivity (Wildman–Crippen MR) is 646 cm³/mol. The molecule has 144 heavy (non-hydrogen) atoms. The van der Waals surface area contributed by atoms with Crippen molar-refractivity contribution < 1.29 is 0 Å². The molecule has 27 rings (SSSR count). The molecule has 21 aromatic carbocycles. The summed E-state index contributed by atoms with van der Waals surface area (Å²) < 4.78 is 16.4. The van der Waals surface area contributed by atoms with Crippen LogP contribution in [0.5, 0.6) is 0 Å². The van der Waals surface area contributed by atoms with Crippen molar-refractivity contribution in [1.29, 1.82) is 0 Å². The van der Waals surface area contributed by atoms with E-state index in [4.69, 9.17) is 0 Å². The van der Waals surface area contributed by atoms with Gasteiger partial charge in [-0.15, -0.1) is 68.0 Å². The Hall–Kier alpha value is -14.3. The highest BCUT2D eigenvalue weighted by atomic mass is 32.1. The summed E-state index contributed by atoms with van der Waals surface area (Å²) in [7, 11) is 0. The van der Waals surface area contributed by atoms with E-state index in [1.807, 2.05) is 68.0 Å². The zero-order chi connectivity index (χ0) is 98.3. The maximum Gasteiger partial charge on any atom is 0.0434 e. The van der Waals surface area contributed by atoms with Gasteiger partial charge in [0.2, 0.25) is 0 Å². The lowest BCUT2D eigenvalue weighted by atomic mass is 9.90. The second-order valence-corrected chi connectivity index (χ2v) is 46.3. The Bertz CT molecular complexity index is 9370. The summed E-state index contributed by atoms with van der Waals surface area (Å²) in [6.45, 7) is 27.0. The molecule has 0 bridgehead atoms. The summed E-state index contributed by atoms with van der Waals surface area (Å²) >= 11 is 11.3. The quantitative estimate of drug-likeness (QED) is 0.114. The average molecular weight is 1960 g/mol. The van der Waals surface area contributed by atoms with Crippen molar-refractivity contribution >= 4 is 221 Å². The number of hydrogen-bond acceptors (Lipinski definition) is 6. The number of thiophene rings is 6. The SMILES string of the molecule is CC(C)c1ccc(-c2ccc3c(c2)sc2ccccc23)c2ccccc12.CC(C)c1ccc(-c2ccc3c(c2)sc2ccccc23)cc1.CC(C)c1ccc(-c2ccc3sc4ccccc4c3c2)c2ccccc12.CC(C)c1ccc(-c2ccc3sc4ccccc4c3c2)cc1.CC(C)c1ccc(-c2cccc3c2sc2ccccc23)c2ccccc12.CC(C)c1ccc(-c2cccc3c2sc2ccccc23)cc1. The molecule has 0 radical (unpaired) electrons. The van der Waals surface area contributed by atoms with Gasteiger partial charge in [0.15, 0.2) is 0 Å². The topological polar surface area (TPSA) is 0 Å². The first kappa shape index (κ1) is 94.6. The van der Waals surface area contributed by atoms with Crippen LogP contribution in [0.25, 0.3) is 220 Å². The van der Waals surface area contributed by atoms with Crippen molar-refractivity contribution in [1.82, 2.24) is 0 Å². The van der Waals surface area contributed by atoms with Gasteiger partial charge in [-0.3, -0.25) is 0 Å². The highest BCUT2D eigenvalue weighted by molar-refractivity contribution is 7.28. The van der Waals surface area contributed by atoms with E-state index < -0.39 is 0 Å². The van der Waals surface area contributed by atoms with Gasteiger partial charge in [0, 0.05) is 127 Å². The zero-order valence-corrected chi connectivity index (χ0v) is 88.4. The smallest absolute Gasteiger partial charge is 0.0434 e. The Morgan fingerprint density at radius 2 is 0.368 bits per heavy atom. The highest BCUT2D eigenvalue weighted by Crippen LogP contribution is 2.48. The van der Waals surface area contributed by atoms with Crippen LogP contribution < -0.4 is 0 Å². The molecule has 6 heteroatoms. The minimum atomic E-state index is 0.522. The lowest BCUT2D eigenvalue weighted by Gasteiger charge is -2.14. The first-order chi connectivity index (χ1) is 70.4. The van der Waals surface area contributed by atoms with Crippen molar-refractivity contribution in [2.45, 2.75) is 119 Å². The molecule has 0 aliphatic carbocycles. The Labute approximate surface area is 869 Å². The molecule has 6 aromatic heterocycles. The summed E-state index contributed by atoms with van der Waals surface area (Å²) in [6, 6.07) is 160. The van der Waals surface area contributed by atoms with Crippen molar-refractivity contribution in [2.24, 2.45) is 0 Å². The number of fused-ring (bicyclic) bond motifs is 21. The third kappa shape index (κ3) is 18.9. The first-order valence-electron chi connectivity index (χ1n) is 50.7. The lowest BCUT2D eigenvalue weighted by molar-refractivity contribution is 0.867. The van der Waals surface area contributed by atoms with Crippen LogP contribution >= 0.6 is 68.0 Å². The molecular formula is C138H114S6. The van der Waals surface area contributed by atoms with Crippen LogP contribution in [0.4, 0.5) is 0 Å².